The number of hydrogen-bond acceptors (Lipinski definition) is 5. The van der Waals surface area contributed by atoms with Gasteiger partial charge in [-0.15, -0.1) is 0 Å². The number of nitriles is 1. The first kappa shape index (κ1) is 16.6. The fourth-order valence-corrected chi connectivity index (χ4v) is 2.18. The van der Waals surface area contributed by atoms with Gasteiger partial charge in [-0.3, -0.25) is 9.69 Å². The molecule has 0 aliphatic heterocycles. The van der Waals surface area contributed by atoms with E-state index < -0.39 is 0 Å². The first-order valence-electron chi connectivity index (χ1n) is 7.40. The lowest BCUT2D eigenvalue weighted by molar-refractivity contribution is -0.122. The maximum atomic E-state index is 11.8. The summed E-state index contributed by atoms with van der Waals surface area (Å²) in [4.78, 5) is 17.7. The molecule has 120 valence electrons. The van der Waals surface area contributed by atoms with Gasteiger partial charge in [0.2, 0.25) is 5.91 Å². The van der Waals surface area contributed by atoms with Crippen LogP contribution in [-0.4, -0.2) is 45.7 Å². The summed E-state index contributed by atoms with van der Waals surface area (Å²) in [6, 6.07) is 10.1. The standard InChI is InChI=1S/C16H20N6O/c1-13(21(2)10-16(23)19-9-3-8-17)14-4-6-15(7-5-14)22-12-18-11-20-22/h4-7,11-13H,3,9-10H2,1-2H3,(H,19,23)/t13-/m0/s1. The number of rotatable bonds is 7. The van der Waals surface area contributed by atoms with Gasteiger partial charge in [-0.1, -0.05) is 12.1 Å². The van der Waals surface area contributed by atoms with Crippen molar-refractivity contribution in [1.29, 1.82) is 5.26 Å². The average Bonchev–Trinajstić information content (AvgIpc) is 3.09. The van der Waals surface area contributed by atoms with Crippen molar-refractivity contribution >= 4 is 5.91 Å². The van der Waals surface area contributed by atoms with Crippen LogP contribution in [0.5, 0.6) is 0 Å². The predicted octanol–water partition coefficient (Wildman–Crippen LogP) is 1.29. The molecule has 0 saturated heterocycles. The van der Waals surface area contributed by atoms with Crippen molar-refractivity contribution in [3.8, 4) is 11.8 Å². The largest absolute Gasteiger partial charge is 0.354 e. The van der Waals surface area contributed by atoms with Crippen LogP contribution in [0.25, 0.3) is 5.69 Å². The van der Waals surface area contributed by atoms with Crippen LogP contribution >= 0.6 is 0 Å². The van der Waals surface area contributed by atoms with Gasteiger partial charge >= 0.3 is 0 Å². The van der Waals surface area contributed by atoms with Crippen LogP contribution in [0.4, 0.5) is 0 Å². The second-order valence-electron chi connectivity index (χ2n) is 5.28. The highest BCUT2D eigenvalue weighted by molar-refractivity contribution is 5.78. The zero-order valence-corrected chi connectivity index (χ0v) is 13.3. The lowest BCUT2D eigenvalue weighted by Crippen LogP contribution is -2.36. The molecule has 0 unspecified atom stereocenters. The van der Waals surface area contributed by atoms with E-state index in [1.165, 1.54) is 6.33 Å². The molecule has 0 saturated carbocycles. The van der Waals surface area contributed by atoms with E-state index in [0.717, 1.165) is 11.3 Å². The van der Waals surface area contributed by atoms with Crippen molar-refractivity contribution in [3.05, 3.63) is 42.5 Å². The van der Waals surface area contributed by atoms with E-state index >= 15 is 0 Å². The first-order valence-corrected chi connectivity index (χ1v) is 7.40. The predicted molar refractivity (Wildman–Crippen MR) is 85.6 cm³/mol. The van der Waals surface area contributed by atoms with Gasteiger partial charge in [0.05, 0.1) is 24.7 Å². The Bertz CT molecular complexity index is 659. The van der Waals surface area contributed by atoms with Crippen molar-refractivity contribution in [2.24, 2.45) is 0 Å². The molecule has 1 N–H and O–H groups in total. The highest BCUT2D eigenvalue weighted by Crippen LogP contribution is 2.19. The third kappa shape index (κ3) is 4.63. The molecule has 7 nitrogen and oxygen atoms in total. The molecule has 0 aliphatic carbocycles. The Hall–Kier alpha value is -2.72. The second kappa shape index (κ2) is 8.06. The summed E-state index contributed by atoms with van der Waals surface area (Å²) in [6.07, 6.45) is 3.47. The van der Waals surface area contributed by atoms with Gasteiger partial charge in [-0.2, -0.15) is 10.4 Å². The molecule has 1 aromatic heterocycles. The number of hydrogen-bond donors (Lipinski definition) is 1. The molecule has 7 heteroatoms. The summed E-state index contributed by atoms with van der Waals surface area (Å²) >= 11 is 0. The number of benzene rings is 1. The second-order valence-corrected chi connectivity index (χ2v) is 5.28. The minimum absolute atomic E-state index is 0.0752. The van der Waals surface area contributed by atoms with Gasteiger partial charge in [0, 0.05) is 12.6 Å². The van der Waals surface area contributed by atoms with Crippen molar-refractivity contribution in [1.82, 2.24) is 25.0 Å². The van der Waals surface area contributed by atoms with Crippen molar-refractivity contribution in [2.75, 3.05) is 20.1 Å². The van der Waals surface area contributed by atoms with Crippen molar-refractivity contribution < 1.29 is 4.79 Å². The van der Waals surface area contributed by atoms with Crippen LogP contribution in [0.3, 0.4) is 0 Å². The number of amides is 1. The number of nitrogens with zero attached hydrogens (tertiary/aromatic N) is 5. The smallest absolute Gasteiger partial charge is 0.234 e. The summed E-state index contributed by atoms with van der Waals surface area (Å²) in [5.41, 5.74) is 2.05. The molecule has 0 aliphatic rings. The SMILES string of the molecule is C[C@@H](c1ccc(-n2cncn2)cc1)N(C)CC(=O)NCCC#N. The van der Waals surface area contributed by atoms with Crippen LogP contribution in [-0.2, 0) is 4.79 Å². The summed E-state index contributed by atoms with van der Waals surface area (Å²) < 4.78 is 1.70. The van der Waals surface area contributed by atoms with E-state index in [1.54, 1.807) is 11.0 Å². The molecule has 1 atom stereocenters. The molecule has 23 heavy (non-hydrogen) atoms. The van der Waals surface area contributed by atoms with Crippen LogP contribution in [0.15, 0.2) is 36.9 Å². The maximum absolute atomic E-state index is 11.8. The van der Waals surface area contributed by atoms with Crippen molar-refractivity contribution in [2.45, 2.75) is 19.4 Å². The Morgan fingerprint density at radius 3 is 2.78 bits per heavy atom. The highest BCUT2D eigenvalue weighted by atomic mass is 16.2. The number of aromatic nitrogens is 3. The Labute approximate surface area is 135 Å². The summed E-state index contributed by atoms with van der Waals surface area (Å²) in [7, 11) is 1.90. The Kier molecular flexibility index (Phi) is 5.83. The maximum Gasteiger partial charge on any atom is 0.234 e. The number of carbonyl (C=O) groups excluding carboxylic acids is 1. The summed E-state index contributed by atoms with van der Waals surface area (Å²) in [5.74, 6) is -0.0752. The molecule has 1 amide bonds. The Morgan fingerprint density at radius 2 is 2.17 bits per heavy atom. The first-order chi connectivity index (χ1) is 11.1. The molecule has 0 bridgehead atoms. The normalized spacial score (nSPS) is 11.9. The van der Waals surface area contributed by atoms with E-state index in [9.17, 15) is 4.79 Å². The monoisotopic (exact) mass is 312 g/mol. The Morgan fingerprint density at radius 1 is 1.43 bits per heavy atom. The quantitative estimate of drug-likeness (QED) is 0.779. The number of nitrogens with one attached hydrogen (secondary N) is 1. The van der Waals surface area contributed by atoms with Gasteiger partial charge in [-0.05, 0) is 31.7 Å². The molecule has 0 spiro atoms. The molecule has 2 rings (SSSR count). The number of likely N-dealkylation sites (N-methyl/N-ethyl adjacent to an activating group) is 1. The third-order valence-electron chi connectivity index (χ3n) is 3.67. The van der Waals surface area contributed by atoms with E-state index in [1.807, 2.05) is 49.2 Å². The van der Waals surface area contributed by atoms with Gasteiger partial charge in [-0.25, -0.2) is 9.67 Å². The van der Waals surface area contributed by atoms with Crippen LogP contribution < -0.4 is 5.32 Å². The van der Waals surface area contributed by atoms with Crippen LogP contribution in [0.1, 0.15) is 24.9 Å². The Balaban J connectivity index is 1.93. The number of carbonyl (C=O) groups is 1. The van der Waals surface area contributed by atoms with Gasteiger partial charge in [0.25, 0.3) is 0 Å². The zero-order chi connectivity index (χ0) is 16.7. The fraction of sp³-hybridized carbons (Fsp3) is 0.375. The highest BCUT2D eigenvalue weighted by Gasteiger charge is 2.14. The zero-order valence-electron chi connectivity index (χ0n) is 13.3. The molecule has 0 radical (unpaired) electrons. The van der Waals surface area contributed by atoms with Gasteiger partial charge < -0.3 is 5.32 Å². The lowest BCUT2D eigenvalue weighted by atomic mass is 10.1. The third-order valence-corrected chi connectivity index (χ3v) is 3.67. The van der Waals surface area contributed by atoms with E-state index in [2.05, 4.69) is 15.4 Å². The van der Waals surface area contributed by atoms with Crippen molar-refractivity contribution in [3.63, 3.8) is 0 Å². The molecular formula is C16H20N6O. The van der Waals surface area contributed by atoms with E-state index in [0.29, 0.717) is 13.0 Å². The van der Waals surface area contributed by atoms with Gasteiger partial charge in [0.15, 0.2) is 0 Å². The van der Waals surface area contributed by atoms with E-state index in [-0.39, 0.29) is 18.5 Å². The van der Waals surface area contributed by atoms with Gasteiger partial charge in [0.1, 0.15) is 12.7 Å². The molecule has 2 aromatic rings. The van der Waals surface area contributed by atoms with E-state index in [4.69, 9.17) is 5.26 Å². The molecule has 0 fully saturated rings. The summed E-state index contributed by atoms with van der Waals surface area (Å²) in [5, 5.41) is 15.3. The van der Waals surface area contributed by atoms with Crippen LogP contribution in [0.2, 0.25) is 0 Å². The minimum Gasteiger partial charge on any atom is -0.354 e. The topological polar surface area (TPSA) is 86.8 Å². The van der Waals surface area contributed by atoms with Crippen LogP contribution in [0, 0.1) is 11.3 Å². The molecule has 1 heterocycles. The lowest BCUT2D eigenvalue weighted by Gasteiger charge is -2.24. The minimum atomic E-state index is -0.0752. The fourth-order valence-electron chi connectivity index (χ4n) is 2.18. The summed E-state index contributed by atoms with van der Waals surface area (Å²) in [6.45, 7) is 2.73. The average molecular weight is 312 g/mol. The molecule has 1 aromatic carbocycles. The molecular weight excluding hydrogens is 292 g/mol.